The van der Waals surface area contributed by atoms with Crippen LogP contribution in [-0.2, 0) is 14.4 Å². The number of imide groups is 3. The summed E-state index contributed by atoms with van der Waals surface area (Å²) in [5.41, 5.74) is 0. The fourth-order valence-electron chi connectivity index (χ4n) is 0.744. The second-order valence-corrected chi connectivity index (χ2v) is 2.04. The van der Waals surface area contributed by atoms with Crippen LogP contribution in [0.25, 0.3) is 0 Å². The van der Waals surface area contributed by atoms with Crippen LogP contribution < -0.4 is 17.3 Å². The maximum Gasteiger partial charge on any atom is 0.323 e. The van der Waals surface area contributed by atoms with E-state index in [2.05, 4.69) is 0 Å². The van der Waals surface area contributed by atoms with Crippen LogP contribution >= 0.6 is 0 Å². The van der Waals surface area contributed by atoms with Gasteiger partial charge in [0, 0.05) is 0 Å². The minimum absolute atomic E-state index is 0. The first-order chi connectivity index (χ1) is 4.46. The predicted molar refractivity (Wildman–Crippen MR) is 33.0 cm³/mol. The molecule has 0 rings (SSSR count). The number of carbonyl (C=O) groups excluding carboxylic acids is 3. The highest BCUT2D eigenvalue weighted by atomic mass is 35.5. The second-order valence-electron chi connectivity index (χ2n) is 2.04. The highest BCUT2D eigenvalue weighted by Gasteiger charge is 2.24. The van der Waals surface area contributed by atoms with Crippen molar-refractivity contribution in [3.8, 4) is 0 Å². The molecule has 0 unspecified atom stereocenters. The smallest absolute Gasteiger partial charge is 0.323 e. The van der Waals surface area contributed by atoms with Gasteiger partial charge in [-0.3, -0.25) is 0 Å². The molecule has 5 heteroatoms. The Hall–Kier alpha value is -0.740. The summed E-state index contributed by atoms with van der Waals surface area (Å²) < 4.78 is 0. The maximum atomic E-state index is 10.5. The molecule has 0 saturated heterocycles. The van der Waals surface area contributed by atoms with Crippen LogP contribution in [0.15, 0.2) is 0 Å². The van der Waals surface area contributed by atoms with Gasteiger partial charge in [-0.2, -0.15) is 0 Å². The molecule has 0 aromatic heterocycles. The molecular weight excluding hydrogens is 170 g/mol. The average Bonchev–Trinajstić information content (AvgIpc) is 1.59. The van der Waals surface area contributed by atoms with Crippen molar-refractivity contribution >= 4 is 17.7 Å². The molecule has 11 heavy (non-hydrogen) atoms. The van der Waals surface area contributed by atoms with E-state index in [-0.39, 0.29) is 17.3 Å². The van der Waals surface area contributed by atoms with Gasteiger partial charge in [0.2, 0.25) is 0 Å². The third kappa shape index (κ3) is 3.85. The second kappa shape index (κ2) is 4.98. The maximum absolute atomic E-state index is 10.5. The lowest BCUT2D eigenvalue weighted by Gasteiger charge is -2.03. The molecular formula is C6H10ClNO3. The summed E-state index contributed by atoms with van der Waals surface area (Å²) in [7, 11) is 0. The molecule has 0 fully saturated rings. The van der Waals surface area contributed by atoms with E-state index in [1.165, 1.54) is 20.8 Å². The quantitative estimate of drug-likeness (QED) is 0.408. The van der Waals surface area contributed by atoms with Gasteiger partial charge in [0.15, 0.2) is 0 Å². The fourth-order valence-corrected chi connectivity index (χ4v) is 0.744. The van der Waals surface area contributed by atoms with Gasteiger partial charge >= 0.3 is 17.7 Å². The van der Waals surface area contributed by atoms with Gasteiger partial charge in [-0.15, -0.1) is 4.90 Å². The van der Waals surface area contributed by atoms with E-state index in [0.717, 1.165) is 0 Å². The van der Waals surface area contributed by atoms with Crippen LogP contribution in [0.4, 0.5) is 0 Å². The first-order valence-corrected chi connectivity index (χ1v) is 2.86. The standard InChI is InChI=1S/C6H9NO3.ClH/c1-4(8)7(5(2)9)6(3)10;/h1-3H3;1H. The van der Waals surface area contributed by atoms with Gasteiger partial charge in [-0.05, 0) is 0 Å². The summed E-state index contributed by atoms with van der Waals surface area (Å²) in [5.74, 6) is -1.37. The Morgan fingerprint density at radius 3 is 1.00 bits per heavy atom. The van der Waals surface area contributed by atoms with Crippen molar-refractivity contribution < 1.29 is 31.7 Å². The van der Waals surface area contributed by atoms with Crippen LogP contribution in [-0.4, -0.2) is 17.7 Å². The Morgan fingerprint density at radius 1 is 0.818 bits per heavy atom. The van der Waals surface area contributed by atoms with Crippen molar-refractivity contribution in [2.45, 2.75) is 20.8 Å². The van der Waals surface area contributed by atoms with Crippen molar-refractivity contribution in [1.29, 1.82) is 0 Å². The Balaban J connectivity index is 0. The van der Waals surface area contributed by atoms with E-state index in [4.69, 9.17) is 0 Å². The molecule has 0 radical (unpaired) electrons. The van der Waals surface area contributed by atoms with Gasteiger partial charge in [-0.1, -0.05) is 0 Å². The van der Waals surface area contributed by atoms with Gasteiger partial charge in [0.1, 0.15) is 0 Å². The molecule has 0 heterocycles. The number of carbonyl (C=O) groups is 3. The Morgan fingerprint density at radius 2 is 1.00 bits per heavy atom. The van der Waals surface area contributed by atoms with Crippen LogP contribution in [0, 0.1) is 0 Å². The van der Waals surface area contributed by atoms with E-state index < -0.39 is 17.7 Å². The molecule has 1 N–H and O–H groups in total. The van der Waals surface area contributed by atoms with Gasteiger partial charge in [-0.25, -0.2) is 14.4 Å². The Kier molecular flexibility index (Phi) is 5.84. The lowest BCUT2D eigenvalue weighted by molar-refractivity contribution is -0.653. The van der Waals surface area contributed by atoms with Gasteiger partial charge < -0.3 is 12.4 Å². The van der Waals surface area contributed by atoms with Gasteiger partial charge in [0.25, 0.3) is 0 Å². The highest BCUT2D eigenvalue weighted by Crippen LogP contribution is 1.57. The third-order valence-electron chi connectivity index (χ3n) is 1.06. The zero-order valence-electron chi connectivity index (χ0n) is 6.60. The van der Waals surface area contributed by atoms with E-state index in [1.54, 1.807) is 0 Å². The van der Waals surface area contributed by atoms with Crippen LogP contribution in [0.5, 0.6) is 0 Å². The summed E-state index contributed by atoms with van der Waals surface area (Å²) in [6.07, 6.45) is 0. The van der Waals surface area contributed by atoms with E-state index in [0.29, 0.717) is 0 Å². The summed E-state index contributed by atoms with van der Waals surface area (Å²) in [6.45, 7) is 3.62. The van der Waals surface area contributed by atoms with Crippen molar-refractivity contribution in [3.63, 3.8) is 0 Å². The number of hydrogen-bond donors (Lipinski definition) is 1. The molecule has 0 aromatic rings. The van der Waals surface area contributed by atoms with Gasteiger partial charge in [0.05, 0.1) is 20.8 Å². The summed E-state index contributed by atoms with van der Waals surface area (Å²) in [6, 6.07) is 0. The molecule has 64 valence electrons. The Labute approximate surface area is 71.0 Å². The minimum atomic E-state index is -0.458. The zero-order chi connectivity index (χ0) is 8.31. The van der Waals surface area contributed by atoms with Crippen molar-refractivity contribution in [1.82, 2.24) is 0 Å². The van der Waals surface area contributed by atoms with Crippen molar-refractivity contribution in [2.24, 2.45) is 0 Å². The lowest BCUT2D eigenvalue weighted by Crippen LogP contribution is -3.18. The Bertz CT molecular complexity index is 157. The predicted octanol–water partition coefficient (Wildman–Crippen LogP) is -4.49. The summed E-state index contributed by atoms with van der Waals surface area (Å²) in [5, 5.41) is 0. The molecule has 0 spiro atoms. The van der Waals surface area contributed by atoms with Crippen LogP contribution in [0.1, 0.15) is 20.8 Å². The summed E-state index contributed by atoms with van der Waals surface area (Å²) >= 11 is 0. The number of rotatable bonds is 0. The number of amides is 3. The molecule has 0 aliphatic heterocycles. The number of quaternary nitrogens is 1. The number of halogens is 1. The first kappa shape index (κ1) is 12.9. The fraction of sp³-hybridized carbons (Fsp3) is 0.500. The first-order valence-electron chi connectivity index (χ1n) is 2.86. The average molecular weight is 180 g/mol. The SMILES string of the molecule is CC(=O)[NH+](C(C)=O)C(C)=O.[Cl-]. The van der Waals surface area contributed by atoms with E-state index >= 15 is 0 Å². The number of hydrogen-bond acceptors (Lipinski definition) is 3. The molecule has 4 nitrogen and oxygen atoms in total. The monoisotopic (exact) mass is 179 g/mol. The topological polar surface area (TPSA) is 55.6 Å². The van der Waals surface area contributed by atoms with Crippen LogP contribution in [0.3, 0.4) is 0 Å². The zero-order valence-corrected chi connectivity index (χ0v) is 7.36. The third-order valence-corrected chi connectivity index (χ3v) is 1.06. The van der Waals surface area contributed by atoms with E-state index in [1.807, 2.05) is 0 Å². The van der Waals surface area contributed by atoms with Crippen LogP contribution in [0.2, 0.25) is 0 Å². The number of nitrogens with one attached hydrogen (secondary N) is 1. The molecule has 0 bridgehead atoms. The normalized spacial score (nSPS) is 8.73. The van der Waals surface area contributed by atoms with Crippen molar-refractivity contribution in [3.05, 3.63) is 0 Å². The summed E-state index contributed by atoms with van der Waals surface area (Å²) in [4.78, 5) is 31.4. The molecule has 0 saturated carbocycles. The minimum Gasteiger partial charge on any atom is -1.00 e. The highest BCUT2D eigenvalue weighted by molar-refractivity contribution is 5.90. The molecule has 3 amide bonds. The largest absolute Gasteiger partial charge is 1.00 e. The van der Waals surface area contributed by atoms with Crippen molar-refractivity contribution in [2.75, 3.05) is 0 Å². The van der Waals surface area contributed by atoms with E-state index in [9.17, 15) is 14.4 Å². The molecule has 0 aromatic carbocycles. The lowest BCUT2D eigenvalue weighted by atomic mass is 10.4. The molecule has 0 atom stereocenters. The molecule has 0 aliphatic carbocycles. The molecule has 0 aliphatic rings.